The van der Waals surface area contributed by atoms with Crippen molar-refractivity contribution in [2.45, 2.75) is 38.6 Å². The van der Waals surface area contributed by atoms with Crippen LogP contribution in [0.2, 0.25) is 0 Å². The maximum absolute atomic E-state index is 11.2. The Morgan fingerprint density at radius 2 is 2.38 bits per heavy atom. The molecule has 0 saturated carbocycles. The van der Waals surface area contributed by atoms with Crippen LogP contribution < -0.4 is 11.1 Å². The summed E-state index contributed by atoms with van der Waals surface area (Å²) in [5.74, 6) is -0.0715. The van der Waals surface area contributed by atoms with Crippen molar-refractivity contribution in [3.05, 3.63) is 0 Å². The van der Waals surface area contributed by atoms with Gasteiger partial charge in [-0.1, -0.05) is 0 Å². The monoisotopic (exact) mass is 184 g/mol. The highest BCUT2D eigenvalue weighted by Crippen LogP contribution is 2.20. The van der Waals surface area contributed by atoms with Gasteiger partial charge in [0.2, 0.25) is 11.8 Å². The summed E-state index contributed by atoms with van der Waals surface area (Å²) < 4.78 is 0. The van der Waals surface area contributed by atoms with Crippen LogP contribution in [0.5, 0.6) is 0 Å². The third-order valence-corrected chi connectivity index (χ3v) is 2.37. The van der Waals surface area contributed by atoms with Gasteiger partial charge in [-0.05, 0) is 26.2 Å². The van der Waals surface area contributed by atoms with Crippen LogP contribution in [0.15, 0.2) is 0 Å². The molecule has 2 amide bonds. The summed E-state index contributed by atoms with van der Waals surface area (Å²) in [6.45, 7) is 1.99. The third kappa shape index (κ3) is 3.05. The van der Waals surface area contributed by atoms with E-state index in [1.807, 2.05) is 6.92 Å². The molecule has 0 unspecified atom stereocenters. The van der Waals surface area contributed by atoms with Gasteiger partial charge in [0.05, 0.1) is 0 Å². The first-order valence-corrected chi connectivity index (χ1v) is 4.68. The van der Waals surface area contributed by atoms with Crippen LogP contribution in [0.4, 0.5) is 0 Å². The zero-order valence-electron chi connectivity index (χ0n) is 7.88. The lowest BCUT2D eigenvalue weighted by Gasteiger charge is -2.04. The first-order chi connectivity index (χ1) is 6.09. The van der Waals surface area contributed by atoms with Crippen molar-refractivity contribution in [1.82, 2.24) is 5.32 Å². The van der Waals surface area contributed by atoms with E-state index in [9.17, 15) is 9.59 Å². The summed E-state index contributed by atoms with van der Waals surface area (Å²) in [5, 5.41) is 2.85. The van der Waals surface area contributed by atoms with Crippen molar-refractivity contribution < 1.29 is 9.59 Å². The molecule has 1 aliphatic rings. The molecule has 0 aromatic carbocycles. The van der Waals surface area contributed by atoms with E-state index in [0.29, 0.717) is 6.42 Å². The van der Waals surface area contributed by atoms with Crippen molar-refractivity contribution >= 4 is 11.8 Å². The molecule has 1 fully saturated rings. The van der Waals surface area contributed by atoms with E-state index in [4.69, 9.17) is 5.73 Å². The number of nitrogens with two attached hydrogens (primary N) is 1. The average molecular weight is 184 g/mol. The van der Waals surface area contributed by atoms with Gasteiger partial charge in [0.1, 0.15) is 0 Å². The Hall–Kier alpha value is -1.06. The molecule has 74 valence electrons. The number of nitrogens with one attached hydrogen (secondary N) is 1. The predicted octanol–water partition coefficient (Wildman–Crippen LogP) is 0.167. The van der Waals surface area contributed by atoms with E-state index in [-0.39, 0.29) is 23.8 Å². The number of amides is 2. The SMILES string of the molecule is C[C@@H]1C[C@@H](CCCC(N)=O)C(=O)N1. The fraction of sp³-hybridized carbons (Fsp3) is 0.778. The molecule has 0 spiro atoms. The smallest absolute Gasteiger partial charge is 0.223 e. The number of hydrogen-bond acceptors (Lipinski definition) is 2. The first kappa shape index (κ1) is 10.0. The normalized spacial score (nSPS) is 27.3. The topological polar surface area (TPSA) is 72.2 Å². The van der Waals surface area contributed by atoms with E-state index < -0.39 is 0 Å². The Bertz CT molecular complexity index is 216. The summed E-state index contributed by atoms with van der Waals surface area (Å²) in [4.78, 5) is 21.7. The fourth-order valence-corrected chi connectivity index (χ4v) is 1.73. The molecule has 3 N–H and O–H groups in total. The van der Waals surface area contributed by atoms with Crippen molar-refractivity contribution in [3.8, 4) is 0 Å². The van der Waals surface area contributed by atoms with Crippen molar-refractivity contribution in [2.24, 2.45) is 11.7 Å². The minimum Gasteiger partial charge on any atom is -0.370 e. The van der Waals surface area contributed by atoms with Gasteiger partial charge in [-0.15, -0.1) is 0 Å². The minimum absolute atomic E-state index is 0.0920. The first-order valence-electron chi connectivity index (χ1n) is 4.68. The van der Waals surface area contributed by atoms with Gasteiger partial charge in [-0.3, -0.25) is 9.59 Å². The van der Waals surface area contributed by atoms with E-state index in [0.717, 1.165) is 19.3 Å². The molecule has 0 aliphatic carbocycles. The maximum Gasteiger partial charge on any atom is 0.223 e. The second-order valence-corrected chi connectivity index (χ2v) is 3.70. The summed E-state index contributed by atoms with van der Waals surface area (Å²) in [7, 11) is 0. The number of carbonyl (C=O) groups is 2. The average Bonchev–Trinajstić information content (AvgIpc) is 2.29. The van der Waals surface area contributed by atoms with Gasteiger partial charge >= 0.3 is 0 Å². The summed E-state index contributed by atoms with van der Waals surface area (Å²) in [6.07, 6.45) is 2.77. The van der Waals surface area contributed by atoms with Crippen molar-refractivity contribution in [2.75, 3.05) is 0 Å². The molecule has 0 aromatic heterocycles. The van der Waals surface area contributed by atoms with Crippen LogP contribution >= 0.6 is 0 Å². The standard InChI is InChI=1S/C9H16N2O2/c1-6-5-7(9(13)11-6)3-2-4-8(10)12/h6-7H,2-5H2,1H3,(H2,10,12)(H,11,13)/t6-,7-/m1/s1. The largest absolute Gasteiger partial charge is 0.370 e. The lowest BCUT2D eigenvalue weighted by molar-refractivity contribution is -0.123. The Labute approximate surface area is 77.9 Å². The van der Waals surface area contributed by atoms with E-state index in [2.05, 4.69) is 5.32 Å². The minimum atomic E-state index is -0.286. The predicted molar refractivity (Wildman–Crippen MR) is 48.8 cm³/mol. The molecule has 1 aliphatic heterocycles. The summed E-state index contributed by atoms with van der Waals surface area (Å²) in [5.41, 5.74) is 5.00. The van der Waals surface area contributed by atoms with E-state index in [1.165, 1.54) is 0 Å². The van der Waals surface area contributed by atoms with Gasteiger partial charge in [0.25, 0.3) is 0 Å². The van der Waals surface area contributed by atoms with Crippen LogP contribution in [-0.2, 0) is 9.59 Å². The Morgan fingerprint density at radius 3 is 2.85 bits per heavy atom. The molecule has 2 atom stereocenters. The Balaban J connectivity index is 2.22. The molecule has 4 nitrogen and oxygen atoms in total. The van der Waals surface area contributed by atoms with Gasteiger partial charge in [-0.25, -0.2) is 0 Å². The zero-order chi connectivity index (χ0) is 9.84. The highest BCUT2D eigenvalue weighted by molar-refractivity contribution is 5.81. The molecule has 1 saturated heterocycles. The van der Waals surface area contributed by atoms with Crippen molar-refractivity contribution in [3.63, 3.8) is 0 Å². The number of primary amides is 1. The van der Waals surface area contributed by atoms with Gasteiger partial charge in [-0.2, -0.15) is 0 Å². The van der Waals surface area contributed by atoms with Crippen LogP contribution in [0.25, 0.3) is 0 Å². The third-order valence-electron chi connectivity index (χ3n) is 2.37. The Kier molecular flexibility index (Phi) is 3.28. The lowest BCUT2D eigenvalue weighted by atomic mass is 9.99. The molecule has 1 rings (SSSR count). The van der Waals surface area contributed by atoms with E-state index in [1.54, 1.807) is 0 Å². The van der Waals surface area contributed by atoms with Gasteiger partial charge in [0, 0.05) is 18.4 Å². The molecule has 1 heterocycles. The van der Waals surface area contributed by atoms with Crippen LogP contribution in [0.3, 0.4) is 0 Å². The Morgan fingerprint density at radius 1 is 1.69 bits per heavy atom. The zero-order valence-corrected chi connectivity index (χ0v) is 7.88. The maximum atomic E-state index is 11.2. The number of carbonyl (C=O) groups excluding carboxylic acids is 2. The number of hydrogen-bond donors (Lipinski definition) is 2. The van der Waals surface area contributed by atoms with Gasteiger partial charge < -0.3 is 11.1 Å². The molecule has 0 aromatic rings. The summed E-state index contributed by atoms with van der Waals surface area (Å²) >= 11 is 0. The molecular weight excluding hydrogens is 168 g/mol. The molecular formula is C9H16N2O2. The number of rotatable bonds is 4. The molecule has 0 bridgehead atoms. The highest BCUT2D eigenvalue weighted by atomic mass is 16.2. The lowest BCUT2D eigenvalue weighted by Crippen LogP contribution is -2.23. The van der Waals surface area contributed by atoms with Gasteiger partial charge in [0.15, 0.2) is 0 Å². The molecule has 13 heavy (non-hydrogen) atoms. The van der Waals surface area contributed by atoms with E-state index >= 15 is 0 Å². The summed E-state index contributed by atoms with van der Waals surface area (Å²) in [6, 6.07) is 0.283. The van der Waals surface area contributed by atoms with Crippen LogP contribution in [0, 0.1) is 5.92 Å². The van der Waals surface area contributed by atoms with Crippen LogP contribution in [0.1, 0.15) is 32.6 Å². The molecule has 0 radical (unpaired) electrons. The molecule has 4 heteroatoms. The van der Waals surface area contributed by atoms with Crippen molar-refractivity contribution in [1.29, 1.82) is 0 Å². The highest BCUT2D eigenvalue weighted by Gasteiger charge is 2.28. The fourth-order valence-electron chi connectivity index (χ4n) is 1.73. The second kappa shape index (κ2) is 4.25. The second-order valence-electron chi connectivity index (χ2n) is 3.70. The van der Waals surface area contributed by atoms with Crippen LogP contribution in [-0.4, -0.2) is 17.9 Å². The quantitative estimate of drug-likeness (QED) is 0.653.